The molecule has 0 radical (unpaired) electrons. The molecule has 2 heterocycles. The van der Waals surface area contributed by atoms with Gasteiger partial charge in [-0.05, 0) is 37.5 Å². The van der Waals surface area contributed by atoms with Crippen LogP contribution in [0.3, 0.4) is 0 Å². The molecule has 168 valence electrons. The molecule has 2 aromatic carbocycles. The van der Waals surface area contributed by atoms with E-state index in [2.05, 4.69) is 82.7 Å². The molecule has 0 atom stereocenters. The van der Waals surface area contributed by atoms with Gasteiger partial charge in [-0.2, -0.15) is 0 Å². The van der Waals surface area contributed by atoms with Crippen LogP contribution < -0.4 is 10.2 Å². The molecule has 0 bridgehead atoms. The number of guanidine groups is 1. The summed E-state index contributed by atoms with van der Waals surface area (Å²) in [6.07, 6.45) is 2.06. The summed E-state index contributed by atoms with van der Waals surface area (Å²) in [6, 6.07) is 21.6. The molecule has 6 heteroatoms. The molecule has 0 unspecified atom stereocenters. The lowest BCUT2D eigenvalue weighted by molar-refractivity contribution is 0.0530. The monoisotopic (exact) mass is 534 g/mol. The van der Waals surface area contributed by atoms with E-state index in [0.717, 1.165) is 71.3 Å². The number of nitrogens with zero attached hydrogens (tertiary/aromatic N) is 3. The molecule has 31 heavy (non-hydrogen) atoms. The molecule has 0 aliphatic carbocycles. The van der Waals surface area contributed by atoms with Gasteiger partial charge < -0.3 is 19.9 Å². The van der Waals surface area contributed by atoms with Crippen molar-refractivity contribution in [1.82, 2.24) is 10.2 Å². The molecule has 4 rings (SSSR count). The summed E-state index contributed by atoms with van der Waals surface area (Å²) >= 11 is 0. The molecule has 0 spiro atoms. The van der Waals surface area contributed by atoms with Crippen molar-refractivity contribution in [2.45, 2.75) is 25.2 Å². The van der Waals surface area contributed by atoms with Gasteiger partial charge in [0.1, 0.15) is 0 Å². The quantitative estimate of drug-likeness (QED) is 0.356. The maximum atomic E-state index is 5.69. The molecule has 2 aromatic rings. The number of hydrogen-bond donors (Lipinski definition) is 1. The number of anilines is 1. The van der Waals surface area contributed by atoms with Crippen molar-refractivity contribution in [2.24, 2.45) is 4.99 Å². The van der Waals surface area contributed by atoms with E-state index in [-0.39, 0.29) is 29.4 Å². The van der Waals surface area contributed by atoms with E-state index in [1.807, 2.05) is 0 Å². The Balaban J connectivity index is 0.00000272. The van der Waals surface area contributed by atoms with Gasteiger partial charge in [-0.1, -0.05) is 48.5 Å². The van der Waals surface area contributed by atoms with Gasteiger partial charge in [-0.25, -0.2) is 0 Å². The first-order valence-electron chi connectivity index (χ1n) is 11.3. The van der Waals surface area contributed by atoms with Gasteiger partial charge in [0, 0.05) is 57.0 Å². The van der Waals surface area contributed by atoms with Crippen LogP contribution in [0.5, 0.6) is 0 Å². The van der Waals surface area contributed by atoms with Crippen LogP contribution in [0.25, 0.3) is 0 Å². The molecule has 0 amide bonds. The number of halogens is 1. The molecular weight excluding hydrogens is 499 g/mol. The Bertz CT molecular complexity index is 801. The second-order valence-corrected chi connectivity index (χ2v) is 8.24. The summed E-state index contributed by atoms with van der Waals surface area (Å²) in [5.41, 5.74) is 2.78. The third-order valence-electron chi connectivity index (χ3n) is 6.40. The average molecular weight is 534 g/mol. The van der Waals surface area contributed by atoms with Crippen LogP contribution in [0.2, 0.25) is 0 Å². The smallest absolute Gasteiger partial charge is 0.194 e. The summed E-state index contributed by atoms with van der Waals surface area (Å²) in [5, 5.41) is 3.54. The van der Waals surface area contributed by atoms with E-state index in [1.165, 1.54) is 11.3 Å². The second kappa shape index (κ2) is 11.7. The third kappa shape index (κ3) is 5.92. The van der Waals surface area contributed by atoms with E-state index in [0.29, 0.717) is 0 Å². The average Bonchev–Trinajstić information content (AvgIpc) is 2.84. The van der Waals surface area contributed by atoms with Crippen LogP contribution in [0.4, 0.5) is 5.69 Å². The molecule has 0 aromatic heterocycles. The van der Waals surface area contributed by atoms with Gasteiger partial charge in [0.15, 0.2) is 5.96 Å². The summed E-state index contributed by atoms with van der Waals surface area (Å²) < 4.78 is 5.69. The zero-order valence-corrected chi connectivity index (χ0v) is 20.8. The third-order valence-corrected chi connectivity index (χ3v) is 6.40. The summed E-state index contributed by atoms with van der Waals surface area (Å²) in [7, 11) is 0. The van der Waals surface area contributed by atoms with Crippen molar-refractivity contribution < 1.29 is 4.74 Å². The standard InChI is InChI=1S/C25H34N4O.HI/c1-2-26-24(29-17-15-28(16-18-29)23-11-7-4-8-12-23)27-21-25(13-19-30-20-14-25)22-9-5-3-6-10-22;/h3-12H,2,13-21H2,1H3,(H,26,27);1H. The molecule has 2 saturated heterocycles. The highest BCUT2D eigenvalue weighted by atomic mass is 127. The first-order chi connectivity index (χ1) is 14.8. The number of piperazine rings is 1. The highest BCUT2D eigenvalue weighted by molar-refractivity contribution is 14.0. The SMILES string of the molecule is CCNC(=NCC1(c2ccccc2)CCOCC1)N1CCN(c2ccccc2)CC1.I. The predicted octanol–water partition coefficient (Wildman–Crippen LogP) is 4.14. The van der Waals surface area contributed by atoms with Gasteiger partial charge in [0.2, 0.25) is 0 Å². The minimum Gasteiger partial charge on any atom is -0.381 e. The van der Waals surface area contributed by atoms with Crippen LogP contribution in [-0.2, 0) is 10.2 Å². The molecular formula is C25H35IN4O. The van der Waals surface area contributed by atoms with Crippen LogP contribution in [0, 0.1) is 0 Å². The number of rotatable bonds is 5. The summed E-state index contributed by atoms with van der Waals surface area (Å²) in [4.78, 5) is 10.0. The predicted molar refractivity (Wildman–Crippen MR) is 140 cm³/mol. The highest BCUT2D eigenvalue weighted by Gasteiger charge is 2.34. The fourth-order valence-electron chi connectivity index (χ4n) is 4.56. The molecule has 5 nitrogen and oxygen atoms in total. The lowest BCUT2D eigenvalue weighted by Gasteiger charge is -2.39. The van der Waals surface area contributed by atoms with E-state index >= 15 is 0 Å². The van der Waals surface area contributed by atoms with E-state index < -0.39 is 0 Å². The molecule has 2 fully saturated rings. The normalized spacial score (nSPS) is 18.9. The van der Waals surface area contributed by atoms with Crippen molar-refractivity contribution in [1.29, 1.82) is 0 Å². The molecule has 2 aliphatic heterocycles. The lowest BCUT2D eigenvalue weighted by Crippen LogP contribution is -2.53. The van der Waals surface area contributed by atoms with Gasteiger partial charge in [-0.3, -0.25) is 4.99 Å². The van der Waals surface area contributed by atoms with Gasteiger partial charge >= 0.3 is 0 Å². The van der Waals surface area contributed by atoms with E-state index in [9.17, 15) is 0 Å². The topological polar surface area (TPSA) is 40.1 Å². The zero-order valence-electron chi connectivity index (χ0n) is 18.5. The minimum atomic E-state index is 0. The van der Waals surface area contributed by atoms with Gasteiger partial charge in [0.25, 0.3) is 0 Å². The Morgan fingerprint density at radius 1 is 0.935 bits per heavy atom. The summed E-state index contributed by atoms with van der Waals surface area (Å²) in [6.45, 7) is 9.49. The van der Waals surface area contributed by atoms with Crippen LogP contribution in [0.15, 0.2) is 65.7 Å². The zero-order chi connectivity index (χ0) is 20.7. The fourth-order valence-corrected chi connectivity index (χ4v) is 4.56. The van der Waals surface area contributed by atoms with E-state index in [1.54, 1.807) is 0 Å². The number of nitrogens with one attached hydrogen (secondary N) is 1. The van der Waals surface area contributed by atoms with Gasteiger partial charge in [-0.15, -0.1) is 24.0 Å². The number of para-hydroxylation sites is 1. The Labute approximate surface area is 203 Å². The number of aliphatic imine (C=N–C) groups is 1. The van der Waals surface area contributed by atoms with Crippen LogP contribution in [-0.4, -0.2) is 63.3 Å². The first kappa shape index (κ1) is 23.9. The first-order valence-corrected chi connectivity index (χ1v) is 11.3. The highest BCUT2D eigenvalue weighted by Crippen LogP contribution is 2.35. The van der Waals surface area contributed by atoms with Crippen LogP contribution >= 0.6 is 24.0 Å². The Kier molecular flexibility index (Phi) is 9.02. The number of hydrogen-bond acceptors (Lipinski definition) is 3. The maximum Gasteiger partial charge on any atom is 0.194 e. The van der Waals surface area contributed by atoms with Crippen LogP contribution in [0.1, 0.15) is 25.3 Å². The Hall–Kier alpha value is -1.80. The molecule has 1 N–H and O–H groups in total. The van der Waals surface area contributed by atoms with Crippen molar-refractivity contribution in [3.8, 4) is 0 Å². The van der Waals surface area contributed by atoms with Crippen molar-refractivity contribution in [3.05, 3.63) is 66.2 Å². The Morgan fingerprint density at radius 3 is 2.16 bits per heavy atom. The number of ether oxygens (including phenoxy) is 1. The Morgan fingerprint density at radius 2 is 1.55 bits per heavy atom. The van der Waals surface area contributed by atoms with Crippen molar-refractivity contribution >= 4 is 35.6 Å². The van der Waals surface area contributed by atoms with Crippen molar-refractivity contribution in [3.63, 3.8) is 0 Å². The minimum absolute atomic E-state index is 0. The van der Waals surface area contributed by atoms with Crippen molar-refractivity contribution in [2.75, 3.05) is 57.4 Å². The second-order valence-electron chi connectivity index (χ2n) is 8.24. The summed E-state index contributed by atoms with van der Waals surface area (Å²) in [5.74, 6) is 1.05. The molecule has 2 aliphatic rings. The number of benzene rings is 2. The fraction of sp³-hybridized carbons (Fsp3) is 0.480. The largest absolute Gasteiger partial charge is 0.381 e. The molecule has 0 saturated carbocycles. The van der Waals surface area contributed by atoms with E-state index in [4.69, 9.17) is 9.73 Å². The maximum absolute atomic E-state index is 5.69. The van der Waals surface area contributed by atoms with Gasteiger partial charge in [0.05, 0.1) is 6.54 Å². The lowest BCUT2D eigenvalue weighted by atomic mass is 9.74.